The number of methoxy groups -OCH3 is 2. The Balaban J connectivity index is 1.58. The minimum atomic E-state index is -0.465. The number of rotatable bonds is 4. The zero-order valence-electron chi connectivity index (χ0n) is 15.8. The Bertz CT molecular complexity index is 946. The van der Waals surface area contributed by atoms with Crippen molar-refractivity contribution < 1.29 is 19.1 Å². The Hall–Kier alpha value is -2.57. The first-order chi connectivity index (χ1) is 13.5. The summed E-state index contributed by atoms with van der Waals surface area (Å²) in [5, 5.41) is 0.495. The quantitative estimate of drug-likeness (QED) is 0.738. The van der Waals surface area contributed by atoms with Crippen LogP contribution in [0.25, 0.3) is 0 Å². The van der Waals surface area contributed by atoms with E-state index in [-0.39, 0.29) is 18.2 Å². The lowest BCUT2D eigenvalue weighted by molar-refractivity contribution is -0.123. The highest BCUT2D eigenvalue weighted by molar-refractivity contribution is 6.31. The van der Waals surface area contributed by atoms with Crippen molar-refractivity contribution >= 4 is 29.1 Å². The van der Waals surface area contributed by atoms with Gasteiger partial charge < -0.3 is 9.47 Å². The second kappa shape index (κ2) is 7.45. The maximum atomic E-state index is 13.0. The first-order valence-electron chi connectivity index (χ1n) is 9.12. The SMILES string of the molecule is COc1cc2c(cc1OC)CN([C@@H]1CC(=O)N(c3cccc(Cl)c3)C1=O)CC2. The van der Waals surface area contributed by atoms with Gasteiger partial charge in [-0.1, -0.05) is 17.7 Å². The molecule has 0 aromatic heterocycles. The van der Waals surface area contributed by atoms with Gasteiger partial charge >= 0.3 is 0 Å². The lowest BCUT2D eigenvalue weighted by Crippen LogP contribution is -2.44. The van der Waals surface area contributed by atoms with E-state index in [2.05, 4.69) is 4.90 Å². The summed E-state index contributed by atoms with van der Waals surface area (Å²) < 4.78 is 10.8. The van der Waals surface area contributed by atoms with Crippen LogP contribution in [0.15, 0.2) is 36.4 Å². The standard InChI is InChI=1S/C21H21ClN2O4/c1-27-18-8-13-6-7-23(12-14(13)9-19(18)28-2)17-11-20(25)24(21(17)26)16-5-3-4-15(22)10-16/h3-5,8-10,17H,6-7,11-12H2,1-2H3/t17-/m1/s1. The van der Waals surface area contributed by atoms with Crippen LogP contribution in [-0.2, 0) is 22.6 Å². The molecule has 146 valence electrons. The van der Waals surface area contributed by atoms with Gasteiger partial charge in [0.05, 0.1) is 32.4 Å². The van der Waals surface area contributed by atoms with Gasteiger partial charge in [-0.2, -0.15) is 0 Å². The minimum absolute atomic E-state index is 0.175. The Morgan fingerprint density at radius 2 is 1.75 bits per heavy atom. The maximum absolute atomic E-state index is 13.0. The van der Waals surface area contributed by atoms with Gasteiger partial charge in [-0.25, -0.2) is 4.90 Å². The predicted octanol–water partition coefficient (Wildman–Crippen LogP) is 3.05. The number of imide groups is 1. The van der Waals surface area contributed by atoms with Crippen molar-refractivity contribution in [2.75, 3.05) is 25.7 Å². The fourth-order valence-corrected chi connectivity index (χ4v) is 4.14. The summed E-state index contributed by atoms with van der Waals surface area (Å²) in [5.74, 6) is 0.970. The maximum Gasteiger partial charge on any atom is 0.251 e. The van der Waals surface area contributed by atoms with Crippen molar-refractivity contribution in [1.82, 2.24) is 4.90 Å². The highest BCUT2D eigenvalue weighted by atomic mass is 35.5. The topological polar surface area (TPSA) is 59.1 Å². The Labute approximate surface area is 168 Å². The molecule has 2 aromatic carbocycles. The summed E-state index contributed by atoms with van der Waals surface area (Å²) in [4.78, 5) is 28.9. The number of anilines is 1. The second-order valence-corrected chi connectivity index (χ2v) is 7.40. The van der Waals surface area contributed by atoms with Crippen LogP contribution in [0.3, 0.4) is 0 Å². The molecule has 1 atom stereocenters. The van der Waals surface area contributed by atoms with Crippen LogP contribution in [0.5, 0.6) is 11.5 Å². The monoisotopic (exact) mass is 400 g/mol. The molecule has 0 N–H and O–H groups in total. The van der Waals surface area contributed by atoms with Crippen molar-refractivity contribution in [3.63, 3.8) is 0 Å². The summed E-state index contributed by atoms with van der Waals surface area (Å²) >= 11 is 6.03. The lowest BCUT2D eigenvalue weighted by Gasteiger charge is -2.32. The molecule has 0 radical (unpaired) electrons. The molecule has 6 nitrogen and oxygen atoms in total. The summed E-state index contributed by atoms with van der Waals surface area (Å²) in [6, 6.07) is 10.3. The van der Waals surface area contributed by atoms with E-state index < -0.39 is 6.04 Å². The molecule has 2 aliphatic heterocycles. The van der Waals surface area contributed by atoms with Gasteiger partial charge in [-0.3, -0.25) is 14.5 Å². The minimum Gasteiger partial charge on any atom is -0.493 e. The van der Waals surface area contributed by atoms with Crippen LogP contribution >= 0.6 is 11.6 Å². The molecule has 0 bridgehead atoms. The van der Waals surface area contributed by atoms with Crippen molar-refractivity contribution in [1.29, 1.82) is 0 Å². The largest absolute Gasteiger partial charge is 0.493 e. The summed E-state index contributed by atoms with van der Waals surface area (Å²) in [5.41, 5.74) is 2.79. The zero-order valence-corrected chi connectivity index (χ0v) is 16.5. The Morgan fingerprint density at radius 1 is 1.04 bits per heavy atom. The number of benzene rings is 2. The fraction of sp³-hybridized carbons (Fsp3) is 0.333. The Morgan fingerprint density at radius 3 is 2.43 bits per heavy atom. The number of amides is 2. The molecular formula is C21H21ClN2O4. The smallest absolute Gasteiger partial charge is 0.251 e. The summed E-state index contributed by atoms with van der Waals surface area (Å²) in [6.07, 6.45) is 0.957. The molecule has 7 heteroatoms. The molecule has 2 heterocycles. The number of carbonyl (C=O) groups excluding carboxylic acids is 2. The first kappa shape index (κ1) is 18.8. The predicted molar refractivity (Wildman–Crippen MR) is 106 cm³/mol. The van der Waals surface area contributed by atoms with E-state index in [0.717, 1.165) is 12.0 Å². The van der Waals surface area contributed by atoms with E-state index in [4.69, 9.17) is 21.1 Å². The van der Waals surface area contributed by atoms with Gasteiger partial charge in [0, 0.05) is 18.1 Å². The van der Waals surface area contributed by atoms with Crippen LogP contribution in [0, 0.1) is 0 Å². The molecule has 0 unspecified atom stereocenters. The second-order valence-electron chi connectivity index (χ2n) is 6.96. The highest BCUT2D eigenvalue weighted by Crippen LogP contribution is 2.35. The molecule has 4 rings (SSSR count). The van der Waals surface area contributed by atoms with E-state index in [0.29, 0.717) is 35.3 Å². The molecular weight excluding hydrogens is 380 g/mol. The van der Waals surface area contributed by atoms with Gasteiger partial charge in [0.1, 0.15) is 0 Å². The average Bonchev–Trinajstić information content (AvgIpc) is 3.00. The number of hydrogen-bond donors (Lipinski definition) is 0. The number of hydrogen-bond acceptors (Lipinski definition) is 5. The van der Waals surface area contributed by atoms with Crippen molar-refractivity contribution in [3.05, 3.63) is 52.5 Å². The summed E-state index contributed by atoms with van der Waals surface area (Å²) in [6.45, 7) is 1.29. The van der Waals surface area contributed by atoms with Crippen molar-refractivity contribution in [2.24, 2.45) is 0 Å². The molecule has 1 fully saturated rings. The van der Waals surface area contributed by atoms with E-state index in [1.807, 2.05) is 12.1 Å². The molecule has 2 aliphatic rings. The number of carbonyl (C=O) groups is 2. The molecule has 1 saturated heterocycles. The number of fused-ring (bicyclic) bond motifs is 1. The van der Waals surface area contributed by atoms with Crippen LogP contribution in [0.1, 0.15) is 17.5 Å². The number of halogens is 1. The van der Waals surface area contributed by atoms with E-state index in [1.165, 1.54) is 10.5 Å². The molecule has 2 amide bonds. The third-order valence-corrected chi connectivity index (χ3v) is 5.61. The van der Waals surface area contributed by atoms with E-state index in [1.54, 1.807) is 38.5 Å². The Kier molecular flexibility index (Phi) is 5.00. The fourth-order valence-electron chi connectivity index (χ4n) is 3.96. The van der Waals surface area contributed by atoms with Crippen LogP contribution in [0.4, 0.5) is 5.69 Å². The van der Waals surface area contributed by atoms with Gasteiger partial charge in [-0.15, -0.1) is 0 Å². The van der Waals surface area contributed by atoms with Crippen molar-refractivity contribution in [2.45, 2.75) is 25.4 Å². The number of ether oxygens (including phenoxy) is 2. The van der Waals surface area contributed by atoms with Gasteiger partial charge in [0.2, 0.25) is 5.91 Å². The third kappa shape index (κ3) is 3.23. The van der Waals surface area contributed by atoms with Crippen LogP contribution in [-0.4, -0.2) is 43.5 Å². The normalized spacial score (nSPS) is 19.7. The lowest BCUT2D eigenvalue weighted by atomic mass is 9.97. The molecule has 0 aliphatic carbocycles. The van der Waals surface area contributed by atoms with Crippen LogP contribution < -0.4 is 14.4 Å². The molecule has 2 aromatic rings. The summed E-state index contributed by atoms with van der Waals surface area (Å²) in [7, 11) is 3.22. The van der Waals surface area contributed by atoms with Gasteiger partial charge in [0.15, 0.2) is 11.5 Å². The van der Waals surface area contributed by atoms with Crippen LogP contribution in [0.2, 0.25) is 5.02 Å². The highest BCUT2D eigenvalue weighted by Gasteiger charge is 2.43. The van der Waals surface area contributed by atoms with Gasteiger partial charge in [0.25, 0.3) is 5.91 Å². The molecule has 0 saturated carbocycles. The van der Waals surface area contributed by atoms with Crippen molar-refractivity contribution in [3.8, 4) is 11.5 Å². The molecule has 28 heavy (non-hydrogen) atoms. The number of nitrogens with zero attached hydrogens (tertiary/aromatic N) is 2. The molecule has 0 spiro atoms. The average molecular weight is 401 g/mol. The van der Waals surface area contributed by atoms with E-state index in [9.17, 15) is 9.59 Å². The first-order valence-corrected chi connectivity index (χ1v) is 9.50. The third-order valence-electron chi connectivity index (χ3n) is 5.38. The van der Waals surface area contributed by atoms with E-state index >= 15 is 0 Å². The van der Waals surface area contributed by atoms with Gasteiger partial charge in [-0.05, 0) is 47.9 Å². The zero-order chi connectivity index (χ0) is 19.8.